The highest BCUT2D eigenvalue weighted by Gasteiger charge is 2.45. The van der Waals surface area contributed by atoms with Gasteiger partial charge in [0.2, 0.25) is 10.9 Å². The number of carbonyl (C=O) groups excluding carboxylic acids is 2. The molecule has 8 nitrogen and oxygen atoms in total. The first kappa shape index (κ1) is 20.0. The zero-order valence-electron chi connectivity index (χ0n) is 16.8. The molecule has 1 aliphatic rings. The van der Waals surface area contributed by atoms with E-state index in [0.29, 0.717) is 16.1 Å². The number of hydrogen-bond donors (Lipinski definition) is 0. The fraction of sp³-hybridized carbons (Fsp3) is 0.136. The number of esters is 1. The Bertz CT molecular complexity index is 1460. The summed E-state index contributed by atoms with van der Waals surface area (Å²) in [6.07, 6.45) is 0. The van der Waals surface area contributed by atoms with E-state index in [1.807, 2.05) is 0 Å². The number of anilines is 1. The highest BCUT2D eigenvalue weighted by molar-refractivity contribution is 7.15. The van der Waals surface area contributed by atoms with Crippen molar-refractivity contribution in [3.8, 4) is 0 Å². The minimum atomic E-state index is -0.888. The fourth-order valence-corrected chi connectivity index (χ4v) is 4.47. The first-order chi connectivity index (χ1) is 15.4. The molecule has 0 spiro atoms. The van der Waals surface area contributed by atoms with Crippen molar-refractivity contribution in [3.63, 3.8) is 0 Å². The predicted octanol–water partition coefficient (Wildman–Crippen LogP) is 3.63. The molecule has 4 aromatic rings. The molecule has 5 rings (SSSR count). The third kappa shape index (κ3) is 2.99. The van der Waals surface area contributed by atoms with Gasteiger partial charge in [0.25, 0.3) is 5.91 Å². The Kier molecular flexibility index (Phi) is 4.59. The molecule has 0 saturated carbocycles. The number of carbonyl (C=O) groups is 2. The molecular weight excluding hydrogens is 437 g/mol. The molecule has 0 N–H and O–H groups in total. The van der Waals surface area contributed by atoms with Gasteiger partial charge in [-0.15, -0.1) is 10.2 Å². The van der Waals surface area contributed by atoms with Gasteiger partial charge in [0, 0.05) is 0 Å². The number of hydrogen-bond acceptors (Lipinski definition) is 8. The molecular formula is C22H14FN3O5S. The van der Waals surface area contributed by atoms with Gasteiger partial charge < -0.3 is 9.15 Å². The third-order valence-corrected chi connectivity index (χ3v) is 6.04. The van der Waals surface area contributed by atoms with Crippen molar-refractivity contribution >= 4 is 39.3 Å². The quantitative estimate of drug-likeness (QED) is 0.438. The molecule has 1 unspecified atom stereocenters. The van der Waals surface area contributed by atoms with Crippen LogP contribution >= 0.6 is 11.3 Å². The van der Waals surface area contributed by atoms with E-state index >= 15 is 0 Å². The van der Waals surface area contributed by atoms with Crippen molar-refractivity contribution in [1.29, 1.82) is 0 Å². The van der Waals surface area contributed by atoms with E-state index in [0.717, 1.165) is 12.1 Å². The van der Waals surface area contributed by atoms with Crippen LogP contribution < -0.4 is 10.3 Å². The van der Waals surface area contributed by atoms with Gasteiger partial charge >= 0.3 is 5.97 Å². The van der Waals surface area contributed by atoms with Crippen LogP contribution in [0.2, 0.25) is 0 Å². The largest absolute Gasteiger partial charge is 0.465 e. The van der Waals surface area contributed by atoms with Gasteiger partial charge in [-0.25, -0.2) is 9.18 Å². The Hall–Kier alpha value is -3.92. The minimum Gasteiger partial charge on any atom is -0.465 e. The van der Waals surface area contributed by atoms with Crippen LogP contribution in [0.25, 0.3) is 11.0 Å². The molecule has 3 heterocycles. The summed E-state index contributed by atoms with van der Waals surface area (Å²) in [4.78, 5) is 39.9. The highest BCUT2D eigenvalue weighted by atomic mass is 32.1. The number of halogens is 1. The van der Waals surface area contributed by atoms with Crippen molar-refractivity contribution in [2.24, 2.45) is 0 Å². The summed E-state index contributed by atoms with van der Waals surface area (Å²) in [6, 6.07) is 8.99. The molecule has 1 aliphatic heterocycles. The molecule has 2 aromatic heterocycles. The minimum absolute atomic E-state index is 0.0306. The zero-order chi connectivity index (χ0) is 22.6. The van der Waals surface area contributed by atoms with Crippen molar-refractivity contribution in [2.45, 2.75) is 13.0 Å². The molecule has 2 aromatic carbocycles. The molecule has 1 atom stereocenters. The van der Waals surface area contributed by atoms with E-state index in [9.17, 15) is 18.8 Å². The smallest absolute Gasteiger partial charge is 0.337 e. The van der Waals surface area contributed by atoms with Crippen molar-refractivity contribution < 1.29 is 23.1 Å². The monoisotopic (exact) mass is 451 g/mol. The van der Waals surface area contributed by atoms with Crippen LogP contribution in [0.4, 0.5) is 9.52 Å². The van der Waals surface area contributed by atoms with E-state index in [2.05, 4.69) is 10.2 Å². The molecule has 1 amide bonds. The van der Waals surface area contributed by atoms with E-state index in [1.165, 1.54) is 41.5 Å². The van der Waals surface area contributed by atoms with Gasteiger partial charge in [0.1, 0.15) is 16.4 Å². The van der Waals surface area contributed by atoms with Gasteiger partial charge in [-0.05, 0) is 42.8 Å². The normalized spacial score (nSPS) is 15.3. The Morgan fingerprint density at radius 1 is 1.16 bits per heavy atom. The van der Waals surface area contributed by atoms with E-state index in [-0.39, 0.29) is 27.4 Å². The second-order valence-corrected chi connectivity index (χ2v) is 8.27. The number of aromatic nitrogens is 2. The number of nitrogens with zero attached hydrogens (tertiary/aromatic N) is 3. The number of benzene rings is 2. The summed E-state index contributed by atoms with van der Waals surface area (Å²) in [6.45, 7) is 1.75. The number of methoxy groups -OCH3 is 1. The van der Waals surface area contributed by atoms with Crippen molar-refractivity contribution in [3.05, 3.63) is 86.0 Å². The van der Waals surface area contributed by atoms with Gasteiger partial charge in [-0.2, -0.15) is 0 Å². The Balaban J connectivity index is 1.76. The predicted molar refractivity (Wildman–Crippen MR) is 114 cm³/mol. The second kappa shape index (κ2) is 7.34. The second-order valence-electron chi connectivity index (χ2n) is 7.11. The van der Waals surface area contributed by atoms with Crippen LogP contribution in [0.5, 0.6) is 0 Å². The topological polar surface area (TPSA) is 103 Å². The molecule has 160 valence electrons. The Labute approximate surface area is 183 Å². The van der Waals surface area contributed by atoms with E-state index in [4.69, 9.17) is 9.15 Å². The van der Waals surface area contributed by atoms with E-state index in [1.54, 1.807) is 19.1 Å². The lowest BCUT2D eigenvalue weighted by atomic mass is 9.97. The summed E-state index contributed by atoms with van der Waals surface area (Å²) in [5, 5.41) is 9.01. The van der Waals surface area contributed by atoms with Crippen LogP contribution in [-0.2, 0) is 4.74 Å². The van der Waals surface area contributed by atoms with Crippen LogP contribution in [0.1, 0.15) is 43.1 Å². The van der Waals surface area contributed by atoms with E-state index < -0.39 is 29.2 Å². The summed E-state index contributed by atoms with van der Waals surface area (Å²) in [7, 11) is 1.27. The average Bonchev–Trinajstić information content (AvgIpc) is 3.35. The standard InChI is InChI=1S/C22H14FN3O5S/c1-10-24-25-22(32-10)26-17(11-3-5-12(6-4-11)21(29)30-2)16-18(27)14-9-13(23)7-8-15(14)31-19(16)20(26)28/h3-9,17H,1-2H3. The molecule has 0 aliphatic carbocycles. The molecule has 10 heteroatoms. The SMILES string of the molecule is COC(=O)c1ccc(C2c3c(oc4ccc(F)cc4c3=O)C(=O)N2c2nnc(C)s2)cc1. The molecule has 32 heavy (non-hydrogen) atoms. The third-order valence-electron chi connectivity index (χ3n) is 5.20. The number of rotatable bonds is 3. The van der Waals surface area contributed by atoms with Crippen molar-refractivity contribution in [2.75, 3.05) is 12.0 Å². The number of ether oxygens (including phenoxy) is 1. The Morgan fingerprint density at radius 3 is 2.56 bits per heavy atom. The number of amides is 1. The van der Waals surface area contributed by atoms with Crippen molar-refractivity contribution in [1.82, 2.24) is 10.2 Å². The fourth-order valence-electron chi connectivity index (χ4n) is 3.76. The van der Waals surface area contributed by atoms with Crippen LogP contribution in [-0.4, -0.2) is 29.2 Å². The van der Waals surface area contributed by atoms with Crippen LogP contribution in [0.3, 0.4) is 0 Å². The maximum Gasteiger partial charge on any atom is 0.337 e. The average molecular weight is 451 g/mol. The lowest BCUT2D eigenvalue weighted by Crippen LogP contribution is -2.29. The summed E-state index contributed by atoms with van der Waals surface area (Å²) in [5.74, 6) is -1.80. The Morgan fingerprint density at radius 2 is 1.91 bits per heavy atom. The van der Waals surface area contributed by atoms with Gasteiger partial charge in [0.15, 0.2) is 5.43 Å². The highest BCUT2D eigenvalue weighted by Crippen LogP contribution is 2.42. The maximum atomic E-state index is 13.8. The molecule has 0 radical (unpaired) electrons. The maximum absolute atomic E-state index is 13.8. The first-order valence-corrected chi connectivity index (χ1v) is 10.3. The lowest BCUT2D eigenvalue weighted by Gasteiger charge is -2.22. The molecule has 0 bridgehead atoms. The summed E-state index contributed by atoms with van der Waals surface area (Å²) < 4.78 is 24.3. The van der Waals surface area contributed by atoms with Crippen LogP contribution in [0, 0.1) is 12.7 Å². The summed E-state index contributed by atoms with van der Waals surface area (Å²) >= 11 is 1.19. The van der Waals surface area contributed by atoms with Gasteiger partial charge in [-0.1, -0.05) is 23.5 Å². The summed E-state index contributed by atoms with van der Waals surface area (Å²) in [5.41, 5.74) is 0.526. The van der Waals surface area contributed by atoms with Crippen LogP contribution in [0.15, 0.2) is 51.7 Å². The zero-order valence-corrected chi connectivity index (χ0v) is 17.6. The number of aryl methyl sites for hydroxylation is 1. The first-order valence-electron chi connectivity index (χ1n) is 9.47. The van der Waals surface area contributed by atoms with Gasteiger partial charge in [-0.3, -0.25) is 14.5 Å². The molecule has 0 saturated heterocycles. The molecule has 0 fully saturated rings. The van der Waals surface area contributed by atoms with Gasteiger partial charge in [0.05, 0.1) is 29.7 Å². The lowest BCUT2D eigenvalue weighted by molar-refractivity contribution is 0.0600. The number of fused-ring (bicyclic) bond motifs is 2.